The van der Waals surface area contributed by atoms with Crippen LogP contribution in [0.1, 0.15) is 0 Å². The molecular formula is C16H22ClN5OS. The van der Waals surface area contributed by atoms with Crippen LogP contribution in [-0.4, -0.2) is 55.4 Å². The molecule has 3 aromatic heterocycles. The molecule has 6 nitrogen and oxygen atoms in total. The monoisotopic (exact) mass is 367 g/mol. The van der Waals surface area contributed by atoms with Gasteiger partial charge in [0, 0.05) is 25.1 Å². The minimum atomic E-state index is -0.525. The Kier molecular flexibility index (Phi) is 4.85. The molecule has 0 spiro atoms. The fourth-order valence-electron chi connectivity index (χ4n) is 2.35. The zero-order valence-electron chi connectivity index (χ0n) is 14.4. The fraction of sp³-hybridized carbons (Fsp3) is 0.438. The molecule has 0 atom stereocenters. The molecule has 0 amide bonds. The molecule has 24 heavy (non-hydrogen) atoms. The Hall–Kier alpha value is -1.57. The number of nitrogens with zero attached hydrogens (tertiary/aromatic N) is 5. The Labute approximate surface area is 148 Å². The van der Waals surface area contributed by atoms with Crippen LogP contribution in [0.2, 0.25) is 5.15 Å². The quantitative estimate of drug-likeness (QED) is 0.496. The lowest BCUT2D eigenvalue weighted by atomic mass is 10.3. The van der Waals surface area contributed by atoms with Gasteiger partial charge in [0.15, 0.2) is 0 Å². The van der Waals surface area contributed by atoms with Crippen LogP contribution in [0.25, 0.3) is 22.4 Å². The maximum atomic E-state index is 5.97. The van der Waals surface area contributed by atoms with Crippen LogP contribution in [0, 0.1) is 0 Å². The number of rotatable bonds is 6. The zero-order chi connectivity index (χ0) is 17.3. The van der Waals surface area contributed by atoms with E-state index >= 15 is 0 Å². The largest absolute Gasteiger partial charge is 0.358 e. The predicted octanol–water partition coefficient (Wildman–Crippen LogP) is 3.15. The fourth-order valence-corrected chi connectivity index (χ4v) is 3.12. The van der Waals surface area contributed by atoms with E-state index in [0.717, 1.165) is 34.8 Å². The predicted molar refractivity (Wildman–Crippen MR) is 101 cm³/mol. The smallest absolute Gasteiger partial charge is 0.144 e. The number of halogens is 1. The van der Waals surface area contributed by atoms with Gasteiger partial charge in [0.2, 0.25) is 0 Å². The molecule has 3 rings (SSSR count). The highest BCUT2D eigenvalue weighted by atomic mass is 35.5. The maximum absolute atomic E-state index is 5.97. The molecule has 0 aliphatic heterocycles. The zero-order valence-corrected chi connectivity index (χ0v) is 15.9. The second-order valence-electron chi connectivity index (χ2n) is 6.59. The molecule has 0 aliphatic carbocycles. The summed E-state index contributed by atoms with van der Waals surface area (Å²) in [6, 6.07) is 1.82. The first-order valence-electron chi connectivity index (χ1n) is 7.58. The van der Waals surface area contributed by atoms with Gasteiger partial charge in [-0.3, -0.25) is 0 Å². The van der Waals surface area contributed by atoms with E-state index in [1.807, 2.05) is 23.9 Å². The summed E-state index contributed by atoms with van der Waals surface area (Å²) < 4.78 is 9.50. The number of fused-ring (bicyclic) bond motifs is 1. The van der Waals surface area contributed by atoms with Crippen LogP contribution < -0.4 is 0 Å². The summed E-state index contributed by atoms with van der Waals surface area (Å²) in [7, 11) is 1.43. The van der Waals surface area contributed by atoms with Crippen LogP contribution in [0.15, 0.2) is 24.7 Å². The molecule has 0 aliphatic rings. The van der Waals surface area contributed by atoms with Crippen molar-refractivity contribution in [3.05, 3.63) is 29.8 Å². The van der Waals surface area contributed by atoms with Crippen LogP contribution in [0.3, 0.4) is 0 Å². The van der Waals surface area contributed by atoms with E-state index in [0.29, 0.717) is 11.9 Å². The second kappa shape index (κ2) is 6.74. The molecule has 8 heteroatoms. The van der Waals surface area contributed by atoms with Crippen molar-refractivity contribution < 1.29 is 4.74 Å². The minimum Gasteiger partial charge on any atom is -0.358 e. The van der Waals surface area contributed by atoms with Gasteiger partial charge in [-0.15, -0.1) is 0 Å². The lowest BCUT2D eigenvalue weighted by Crippen LogP contribution is -2.10. The van der Waals surface area contributed by atoms with Gasteiger partial charge in [0.1, 0.15) is 23.2 Å². The molecule has 0 N–H and O–H groups in total. The maximum Gasteiger partial charge on any atom is 0.144 e. The van der Waals surface area contributed by atoms with E-state index < -0.39 is 10.0 Å². The molecular weight excluding hydrogens is 346 g/mol. The highest BCUT2D eigenvalue weighted by Gasteiger charge is 2.12. The van der Waals surface area contributed by atoms with Crippen LogP contribution >= 0.6 is 21.6 Å². The number of aromatic nitrogens is 5. The van der Waals surface area contributed by atoms with E-state index in [9.17, 15) is 0 Å². The standard InChI is InChI=1S/C16H22ClN5OS/c1-21-14-7-15(17)18-9-13(14)20-16(21)12-8-19-22(10-12)11-23-5-6-24(2,3)4/h7-10H,5-6,11H2,1-4H3. The molecule has 0 unspecified atom stereocenters. The van der Waals surface area contributed by atoms with E-state index in [4.69, 9.17) is 16.3 Å². The molecule has 0 aromatic carbocycles. The van der Waals surface area contributed by atoms with Gasteiger partial charge in [-0.25, -0.2) is 24.7 Å². The first-order chi connectivity index (χ1) is 11.3. The van der Waals surface area contributed by atoms with Crippen molar-refractivity contribution in [2.24, 2.45) is 7.05 Å². The Balaban J connectivity index is 1.73. The van der Waals surface area contributed by atoms with Crippen LogP contribution in [0.5, 0.6) is 0 Å². The summed E-state index contributed by atoms with van der Waals surface area (Å²) in [6.07, 6.45) is 12.3. The van der Waals surface area contributed by atoms with Gasteiger partial charge < -0.3 is 9.30 Å². The van der Waals surface area contributed by atoms with Crippen molar-refractivity contribution in [2.75, 3.05) is 31.1 Å². The van der Waals surface area contributed by atoms with Gasteiger partial charge in [0.05, 0.1) is 30.1 Å². The van der Waals surface area contributed by atoms with Gasteiger partial charge in [-0.05, 0) is 18.8 Å². The highest BCUT2D eigenvalue weighted by molar-refractivity contribution is 8.32. The first kappa shape index (κ1) is 17.3. The number of hydrogen-bond acceptors (Lipinski definition) is 4. The average Bonchev–Trinajstić information content (AvgIpc) is 3.08. The summed E-state index contributed by atoms with van der Waals surface area (Å²) in [5, 5.41) is 4.82. The highest BCUT2D eigenvalue weighted by Crippen LogP contribution is 2.33. The van der Waals surface area contributed by atoms with Crippen LogP contribution in [0.4, 0.5) is 0 Å². The second-order valence-corrected chi connectivity index (χ2v) is 11.6. The summed E-state index contributed by atoms with van der Waals surface area (Å²) in [4.78, 5) is 8.70. The first-order valence-corrected chi connectivity index (χ1v) is 11.0. The van der Waals surface area contributed by atoms with E-state index in [2.05, 4.69) is 33.8 Å². The van der Waals surface area contributed by atoms with Crippen molar-refractivity contribution in [3.63, 3.8) is 0 Å². The minimum absolute atomic E-state index is 0.451. The van der Waals surface area contributed by atoms with Gasteiger partial charge in [-0.2, -0.15) is 5.10 Å². The molecule has 0 saturated carbocycles. The number of aryl methyl sites for hydroxylation is 1. The number of hydrogen-bond donors (Lipinski definition) is 0. The lowest BCUT2D eigenvalue weighted by Gasteiger charge is -2.24. The van der Waals surface area contributed by atoms with Gasteiger partial charge >= 0.3 is 0 Å². The molecule has 0 radical (unpaired) electrons. The van der Waals surface area contributed by atoms with Crippen molar-refractivity contribution in [1.82, 2.24) is 24.3 Å². The molecule has 0 bridgehead atoms. The summed E-state index contributed by atoms with van der Waals surface area (Å²) in [5.41, 5.74) is 2.70. The van der Waals surface area contributed by atoms with Crippen LogP contribution in [-0.2, 0) is 18.5 Å². The summed E-state index contributed by atoms with van der Waals surface area (Å²) in [5.74, 6) is 1.93. The van der Waals surface area contributed by atoms with Gasteiger partial charge in [-0.1, -0.05) is 11.6 Å². The Morgan fingerprint density at radius 1 is 1.25 bits per heavy atom. The molecule has 3 aromatic rings. The van der Waals surface area contributed by atoms with Gasteiger partial charge in [0.25, 0.3) is 0 Å². The lowest BCUT2D eigenvalue weighted by molar-refractivity contribution is 0.0809. The third kappa shape index (κ3) is 3.91. The number of pyridine rings is 1. The third-order valence-electron chi connectivity index (χ3n) is 3.69. The van der Waals surface area contributed by atoms with Crippen molar-refractivity contribution in [1.29, 1.82) is 0 Å². The SMILES string of the molecule is Cn1c(-c2cnn(COCCS(C)(C)C)c2)nc2cnc(Cl)cc21. The normalized spacial score (nSPS) is 12.9. The third-order valence-corrected chi connectivity index (χ3v) is 5.29. The number of ether oxygens (including phenoxy) is 1. The van der Waals surface area contributed by atoms with E-state index in [1.165, 1.54) is 0 Å². The Morgan fingerprint density at radius 2 is 2.04 bits per heavy atom. The van der Waals surface area contributed by atoms with Crippen molar-refractivity contribution >= 4 is 32.7 Å². The molecule has 130 valence electrons. The molecule has 0 saturated heterocycles. The summed E-state index contributed by atoms with van der Waals surface area (Å²) in [6.45, 7) is 1.21. The van der Waals surface area contributed by atoms with Crippen molar-refractivity contribution in [2.45, 2.75) is 6.73 Å². The summed E-state index contributed by atoms with van der Waals surface area (Å²) >= 11 is 5.97. The Bertz CT molecular complexity index is 852. The molecule has 3 heterocycles. The van der Waals surface area contributed by atoms with E-state index in [1.54, 1.807) is 17.1 Å². The number of imidazole rings is 1. The van der Waals surface area contributed by atoms with E-state index in [-0.39, 0.29) is 0 Å². The Morgan fingerprint density at radius 3 is 2.79 bits per heavy atom. The van der Waals surface area contributed by atoms with Crippen molar-refractivity contribution in [3.8, 4) is 11.4 Å². The topological polar surface area (TPSA) is 57.8 Å². The molecule has 0 fully saturated rings. The average molecular weight is 368 g/mol.